The summed E-state index contributed by atoms with van der Waals surface area (Å²) in [6.45, 7) is 2.06. The van der Waals surface area contributed by atoms with Crippen molar-refractivity contribution in [3.63, 3.8) is 0 Å². The molecule has 2 heterocycles. The van der Waals surface area contributed by atoms with E-state index in [4.69, 9.17) is 0 Å². The standard InChI is InChI=1S/C15H22F2N4O/c16-15(17)5-1-4-13(9-15)14(22)20-7-2-3-12(10-20)11-21-8-6-18-19-21/h6,8,12-13H,1-5,7,9-11H2/t12-,13-/m0/s1. The highest BCUT2D eigenvalue weighted by Crippen LogP contribution is 2.37. The number of nitrogens with zero attached hydrogens (tertiary/aromatic N) is 4. The Morgan fingerprint density at radius 2 is 2.18 bits per heavy atom. The number of rotatable bonds is 3. The van der Waals surface area contributed by atoms with Gasteiger partial charge in [0.2, 0.25) is 11.8 Å². The van der Waals surface area contributed by atoms with E-state index in [-0.39, 0.29) is 18.7 Å². The van der Waals surface area contributed by atoms with E-state index in [1.54, 1.807) is 15.8 Å². The number of hydrogen-bond acceptors (Lipinski definition) is 3. The van der Waals surface area contributed by atoms with Crippen LogP contribution in [0.3, 0.4) is 0 Å². The van der Waals surface area contributed by atoms with Crippen molar-refractivity contribution in [3.8, 4) is 0 Å². The Morgan fingerprint density at radius 3 is 2.91 bits per heavy atom. The smallest absolute Gasteiger partial charge is 0.248 e. The van der Waals surface area contributed by atoms with Crippen molar-refractivity contribution in [2.45, 2.75) is 51.0 Å². The average molecular weight is 312 g/mol. The summed E-state index contributed by atoms with van der Waals surface area (Å²) in [5.74, 6) is -2.94. The molecule has 1 saturated heterocycles. The molecular formula is C15H22F2N4O. The third-order valence-corrected chi connectivity index (χ3v) is 4.74. The molecule has 1 aliphatic carbocycles. The van der Waals surface area contributed by atoms with Crippen LogP contribution < -0.4 is 0 Å². The van der Waals surface area contributed by atoms with Crippen molar-refractivity contribution < 1.29 is 13.6 Å². The first kappa shape index (κ1) is 15.4. The van der Waals surface area contributed by atoms with Gasteiger partial charge in [0, 0.05) is 44.6 Å². The highest BCUT2D eigenvalue weighted by Gasteiger charge is 2.41. The van der Waals surface area contributed by atoms with E-state index in [1.165, 1.54) is 0 Å². The third-order valence-electron chi connectivity index (χ3n) is 4.74. The van der Waals surface area contributed by atoms with Gasteiger partial charge in [0.15, 0.2) is 0 Å². The predicted molar refractivity (Wildman–Crippen MR) is 76.2 cm³/mol. The second-order valence-electron chi connectivity index (χ2n) is 6.57. The Kier molecular flexibility index (Phi) is 4.40. The van der Waals surface area contributed by atoms with Crippen molar-refractivity contribution in [2.24, 2.45) is 11.8 Å². The van der Waals surface area contributed by atoms with E-state index in [9.17, 15) is 13.6 Å². The van der Waals surface area contributed by atoms with Gasteiger partial charge in [0.1, 0.15) is 0 Å². The molecule has 1 amide bonds. The van der Waals surface area contributed by atoms with Gasteiger partial charge in [0.05, 0.1) is 6.20 Å². The Labute approximate surface area is 128 Å². The SMILES string of the molecule is O=C([C@H]1CCCC(F)(F)C1)N1CCC[C@H](Cn2ccnn2)C1. The molecule has 0 radical (unpaired) electrons. The fraction of sp³-hybridized carbons (Fsp3) is 0.800. The van der Waals surface area contributed by atoms with Gasteiger partial charge in [-0.2, -0.15) is 0 Å². The highest BCUT2D eigenvalue weighted by molar-refractivity contribution is 5.79. The van der Waals surface area contributed by atoms with Crippen molar-refractivity contribution in [1.82, 2.24) is 19.9 Å². The van der Waals surface area contributed by atoms with E-state index < -0.39 is 11.8 Å². The molecule has 1 saturated carbocycles. The van der Waals surface area contributed by atoms with E-state index in [0.717, 1.165) is 19.4 Å². The minimum atomic E-state index is -2.67. The number of halogens is 2. The molecule has 2 atom stereocenters. The quantitative estimate of drug-likeness (QED) is 0.861. The molecule has 3 rings (SSSR count). The number of carbonyl (C=O) groups excluding carboxylic acids is 1. The Balaban J connectivity index is 1.58. The molecule has 22 heavy (non-hydrogen) atoms. The van der Waals surface area contributed by atoms with Gasteiger partial charge in [-0.15, -0.1) is 5.10 Å². The lowest BCUT2D eigenvalue weighted by atomic mass is 9.85. The number of amides is 1. The van der Waals surface area contributed by atoms with Crippen molar-refractivity contribution >= 4 is 5.91 Å². The molecule has 0 N–H and O–H groups in total. The maximum Gasteiger partial charge on any atom is 0.248 e. The molecule has 2 fully saturated rings. The third kappa shape index (κ3) is 3.62. The van der Waals surface area contributed by atoms with Gasteiger partial charge in [-0.3, -0.25) is 9.48 Å². The van der Waals surface area contributed by atoms with Crippen LogP contribution in [0, 0.1) is 11.8 Å². The summed E-state index contributed by atoms with van der Waals surface area (Å²) < 4.78 is 28.8. The fourth-order valence-electron chi connectivity index (χ4n) is 3.65. The number of alkyl halides is 2. The van der Waals surface area contributed by atoms with Gasteiger partial charge >= 0.3 is 0 Å². The largest absolute Gasteiger partial charge is 0.342 e. The number of piperidine rings is 1. The van der Waals surface area contributed by atoms with Crippen LogP contribution in [0.1, 0.15) is 38.5 Å². The molecule has 1 aromatic rings. The number of carbonyl (C=O) groups is 1. The maximum atomic E-state index is 13.5. The lowest BCUT2D eigenvalue weighted by molar-refractivity contribution is -0.144. The average Bonchev–Trinajstić information content (AvgIpc) is 2.98. The number of hydrogen-bond donors (Lipinski definition) is 0. The first-order valence-corrected chi connectivity index (χ1v) is 8.04. The van der Waals surface area contributed by atoms with Crippen LogP contribution in [-0.4, -0.2) is 44.8 Å². The Hall–Kier alpha value is -1.53. The molecule has 0 spiro atoms. The minimum Gasteiger partial charge on any atom is -0.342 e. The van der Waals surface area contributed by atoms with Gasteiger partial charge < -0.3 is 4.90 Å². The Morgan fingerprint density at radius 1 is 1.32 bits per heavy atom. The van der Waals surface area contributed by atoms with Crippen molar-refractivity contribution in [1.29, 1.82) is 0 Å². The van der Waals surface area contributed by atoms with Gasteiger partial charge in [-0.1, -0.05) is 5.21 Å². The van der Waals surface area contributed by atoms with Crippen LogP contribution in [0.15, 0.2) is 12.4 Å². The van der Waals surface area contributed by atoms with Gasteiger partial charge in [-0.25, -0.2) is 8.78 Å². The zero-order chi connectivity index (χ0) is 15.6. The molecule has 0 bridgehead atoms. The molecule has 0 unspecified atom stereocenters. The van der Waals surface area contributed by atoms with Crippen LogP contribution in [0.4, 0.5) is 8.78 Å². The minimum absolute atomic E-state index is 0.0777. The summed E-state index contributed by atoms with van der Waals surface area (Å²) in [5, 5.41) is 7.73. The van der Waals surface area contributed by atoms with E-state index >= 15 is 0 Å². The number of likely N-dealkylation sites (tertiary alicyclic amines) is 1. The summed E-state index contributed by atoms with van der Waals surface area (Å²) >= 11 is 0. The normalized spacial score (nSPS) is 28.5. The summed E-state index contributed by atoms with van der Waals surface area (Å²) in [4.78, 5) is 14.3. The summed E-state index contributed by atoms with van der Waals surface area (Å²) in [6, 6.07) is 0. The lowest BCUT2D eigenvalue weighted by Crippen LogP contribution is -2.46. The second kappa shape index (κ2) is 6.30. The molecule has 1 aromatic heterocycles. The van der Waals surface area contributed by atoms with E-state index in [0.29, 0.717) is 31.8 Å². The Bertz CT molecular complexity index is 506. The van der Waals surface area contributed by atoms with Crippen LogP contribution in [0.5, 0.6) is 0 Å². The van der Waals surface area contributed by atoms with Crippen LogP contribution >= 0.6 is 0 Å². The van der Waals surface area contributed by atoms with E-state index in [2.05, 4.69) is 10.3 Å². The fourth-order valence-corrected chi connectivity index (χ4v) is 3.65. The highest BCUT2D eigenvalue weighted by atomic mass is 19.3. The van der Waals surface area contributed by atoms with Gasteiger partial charge in [0.25, 0.3) is 0 Å². The van der Waals surface area contributed by atoms with Crippen LogP contribution in [0.25, 0.3) is 0 Å². The monoisotopic (exact) mass is 312 g/mol. The van der Waals surface area contributed by atoms with E-state index in [1.807, 2.05) is 6.20 Å². The summed E-state index contributed by atoms with van der Waals surface area (Å²) in [5.41, 5.74) is 0. The van der Waals surface area contributed by atoms with Crippen LogP contribution in [0.2, 0.25) is 0 Å². The molecule has 2 aliphatic rings. The first-order chi connectivity index (χ1) is 10.5. The zero-order valence-corrected chi connectivity index (χ0v) is 12.6. The molecule has 1 aliphatic heterocycles. The first-order valence-electron chi connectivity index (χ1n) is 8.04. The molecule has 0 aromatic carbocycles. The lowest BCUT2D eigenvalue weighted by Gasteiger charge is -2.37. The predicted octanol–water partition coefficient (Wildman–Crippen LogP) is 2.34. The second-order valence-corrected chi connectivity index (χ2v) is 6.57. The molecule has 5 nitrogen and oxygen atoms in total. The van der Waals surface area contributed by atoms with Crippen LogP contribution in [-0.2, 0) is 11.3 Å². The molecule has 122 valence electrons. The van der Waals surface area contributed by atoms with Crippen molar-refractivity contribution in [2.75, 3.05) is 13.1 Å². The maximum absolute atomic E-state index is 13.5. The van der Waals surface area contributed by atoms with Crippen molar-refractivity contribution in [3.05, 3.63) is 12.4 Å². The zero-order valence-electron chi connectivity index (χ0n) is 12.6. The summed E-state index contributed by atoms with van der Waals surface area (Å²) in [6.07, 6.45) is 6.08. The topological polar surface area (TPSA) is 51.0 Å². The van der Waals surface area contributed by atoms with Gasteiger partial charge in [-0.05, 0) is 31.6 Å². The summed E-state index contributed by atoms with van der Waals surface area (Å²) in [7, 11) is 0. The molecule has 7 heteroatoms. The molecular weight excluding hydrogens is 290 g/mol. The number of aromatic nitrogens is 3.